The molecule has 0 radical (unpaired) electrons. The van der Waals surface area contributed by atoms with Gasteiger partial charge in [-0.05, 0) is 34.6 Å². The highest BCUT2D eigenvalue weighted by Gasteiger charge is 2.37. The Labute approximate surface area is 140 Å². The lowest BCUT2D eigenvalue weighted by Gasteiger charge is -2.33. The van der Waals surface area contributed by atoms with E-state index in [0.717, 1.165) is 0 Å². The van der Waals surface area contributed by atoms with Crippen LogP contribution in [0.3, 0.4) is 0 Å². The molecule has 0 aliphatic carbocycles. The first kappa shape index (κ1) is 19.8. The van der Waals surface area contributed by atoms with Crippen molar-refractivity contribution in [1.82, 2.24) is 16.0 Å². The molecule has 0 spiro atoms. The Morgan fingerprint density at radius 2 is 2.00 bits per heavy atom. The normalized spacial score (nSPS) is 19.1. The Kier molecular flexibility index (Phi) is 6.59. The Morgan fingerprint density at radius 1 is 1.38 bits per heavy atom. The van der Waals surface area contributed by atoms with Gasteiger partial charge in [0.25, 0.3) is 0 Å². The lowest BCUT2D eigenvalue weighted by Crippen LogP contribution is -2.60. The Balaban J connectivity index is 3.02. The first-order valence-electron chi connectivity index (χ1n) is 7.64. The fraction of sp³-hybridized carbons (Fsp3) is 0.667. The largest absolute Gasteiger partial charge is 0.463 e. The van der Waals surface area contributed by atoms with Gasteiger partial charge in [-0.15, -0.1) is 0 Å². The summed E-state index contributed by atoms with van der Waals surface area (Å²) in [4.78, 5) is 35.8. The monoisotopic (exact) mass is 343 g/mol. The molecule has 9 heteroatoms. The summed E-state index contributed by atoms with van der Waals surface area (Å²) in [6, 6.07) is -2.45. The van der Waals surface area contributed by atoms with E-state index in [2.05, 4.69) is 16.0 Å². The van der Waals surface area contributed by atoms with Gasteiger partial charge in [-0.3, -0.25) is 0 Å². The summed E-state index contributed by atoms with van der Waals surface area (Å²) >= 11 is 0. The van der Waals surface area contributed by atoms with E-state index >= 15 is 0 Å². The summed E-state index contributed by atoms with van der Waals surface area (Å²) in [7, 11) is 0. The van der Waals surface area contributed by atoms with E-state index in [0.29, 0.717) is 5.70 Å². The van der Waals surface area contributed by atoms with Gasteiger partial charge in [0, 0.05) is 5.70 Å². The van der Waals surface area contributed by atoms with E-state index in [1.54, 1.807) is 34.6 Å². The minimum atomic E-state index is -0.958. The zero-order valence-electron chi connectivity index (χ0n) is 14.6. The predicted octanol–water partition coefficient (Wildman–Crippen LogP) is 0.390. The third-order valence-corrected chi connectivity index (χ3v) is 3.10. The predicted molar refractivity (Wildman–Crippen MR) is 85.0 cm³/mol. The molecule has 2 atom stereocenters. The summed E-state index contributed by atoms with van der Waals surface area (Å²) < 4.78 is 10.1. The Bertz CT molecular complexity index is 538. The number of carbonyl (C=O) groups is 3. The molecule has 9 nitrogen and oxygen atoms in total. The molecular formula is C15H25N3O6. The lowest BCUT2D eigenvalue weighted by molar-refractivity contribution is -0.139. The van der Waals surface area contributed by atoms with Crippen molar-refractivity contribution < 1.29 is 29.0 Å². The molecule has 1 rings (SSSR count). The number of nitrogens with one attached hydrogen (secondary N) is 3. The number of amides is 3. The molecule has 136 valence electrons. The number of aliphatic hydroxyl groups is 1. The first-order chi connectivity index (χ1) is 11.1. The zero-order chi connectivity index (χ0) is 18.5. The first-order valence-corrected chi connectivity index (χ1v) is 7.64. The molecule has 0 saturated carbocycles. The van der Waals surface area contributed by atoms with Crippen molar-refractivity contribution in [2.24, 2.45) is 0 Å². The average molecular weight is 343 g/mol. The van der Waals surface area contributed by atoms with Gasteiger partial charge in [-0.1, -0.05) is 0 Å². The highest BCUT2D eigenvalue weighted by molar-refractivity contribution is 5.95. The van der Waals surface area contributed by atoms with E-state index in [1.807, 2.05) is 0 Å². The molecule has 24 heavy (non-hydrogen) atoms. The summed E-state index contributed by atoms with van der Waals surface area (Å²) in [6.45, 7) is 7.92. The van der Waals surface area contributed by atoms with Crippen molar-refractivity contribution in [2.45, 2.75) is 52.3 Å². The van der Waals surface area contributed by atoms with Crippen molar-refractivity contribution in [3.63, 3.8) is 0 Å². The molecule has 3 amide bonds. The van der Waals surface area contributed by atoms with E-state index in [4.69, 9.17) is 9.47 Å². The molecule has 0 aromatic rings. The van der Waals surface area contributed by atoms with Gasteiger partial charge in [-0.2, -0.15) is 0 Å². The summed E-state index contributed by atoms with van der Waals surface area (Å²) in [5, 5.41) is 17.1. The fourth-order valence-electron chi connectivity index (χ4n) is 2.20. The number of esters is 1. The maximum Gasteiger partial charge on any atom is 0.408 e. The second kappa shape index (κ2) is 8.00. The highest BCUT2D eigenvalue weighted by atomic mass is 16.6. The molecular weight excluding hydrogens is 318 g/mol. The van der Waals surface area contributed by atoms with Gasteiger partial charge in [0.1, 0.15) is 5.60 Å². The van der Waals surface area contributed by atoms with Crippen molar-refractivity contribution in [2.75, 3.05) is 13.2 Å². The fourth-order valence-corrected chi connectivity index (χ4v) is 2.20. The molecule has 1 aliphatic heterocycles. The third kappa shape index (κ3) is 5.41. The minimum Gasteiger partial charge on any atom is -0.463 e. The van der Waals surface area contributed by atoms with Gasteiger partial charge in [0.15, 0.2) is 0 Å². The molecule has 0 saturated heterocycles. The maximum atomic E-state index is 12.2. The molecule has 0 bridgehead atoms. The van der Waals surface area contributed by atoms with Crippen molar-refractivity contribution in [1.29, 1.82) is 0 Å². The summed E-state index contributed by atoms with van der Waals surface area (Å²) in [5.41, 5.74) is -0.296. The zero-order valence-corrected chi connectivity index (χ0v) is 14.6. The number of ether oxygens (including phenoxy) is 2. The van der Waals surface area contributed by atoms with Crippen LogP contribution in [-0.2, 0) is 14.3 Å². The van der Waals surface area contributed by atoms with Gasteiger partial charge in [0.05, 0.1) is 30.9 Å². The van der Waals surface area contributed by atoms with Crippen LogP contribution in [0.5, 0.6) is 0 Å². The second-order valence-electron chi connectivity index (χ2n) is 6.27. The van der Waals surface area contributed by atoms with Crippen LogP contribution in [0.15, 0.2) is 11.3 Å². The quantitative estimate of drug-likeness (QED) is 0.535. The van der Waals surface area contributed by atoms with Crippen LogP contribution in [0.2, 0.25) is 0 Å². The number of carbonyl (C=O) groups excluding carboxylic acids is 3. The van der Waals surface area contributed by atoms with Crippen molar-refractivity contribution in [3.8, 4) is 0 Å². The Hall–Kier alpha value is -2.29. The van der Waals surface area contributed by atoms with E-state index in [-0.39, 0.29) is 12.2 Å². The van der Waals surface area contributed by atoms with Crippen molar-refractivity contribution in [3.05, 3.63) is 11.3 Å². The van der Waals surface area contributed by atoms with Crippen LogP contribution in [0.1, 0.15) is 34.6 Å². The SMILES string of the molecule is CCOC(=O)C1=C(C)NC(=O)N[C@@H]1[C@@H](CO)NC(=O)OC(C)(C)C. The van der Waals surface area contributed by atoms with Crippen LogP contribution in [0.4, 0.5) is 9.59 Å². The molecule has 0 unspecified atom stereocenters. The van der Waals surface area contributed by atoms with Crippen LogP contribution < -0.4 is 16.0 Å². The highest BCUT2D eigenvalue weighted by Crippen LogP contribution is 2.17. The molecule has 0 fully saturated rings. The number of urea groups is 1. The topological polar surface area (TPSA) is 126 Å². The maximum absolute atomic E-state index is 12.2. The number of aliphatic hydroxyl groups excluding tert-OH is 1. The average Bonchev–Trinajstić information content (AvgIpc) is 2.42. The molecule has 0 aromatic carbocycles. The molecule has 4 N–H and O–H groups in total. The van der Waals surface area contributed by atoms with Gasteiger partial charge >= 0.3 is 18.1 Å². The standard InChI is InChI=1S/C15H25N3O6/c1-6-23-12(20)10-8(2)16-13(21)18-11(10)9(7-19)17-14(22)24-15(3,4)5/h9,11,19H,6-7H2,1-5H3,(H,17,22)(H2,16,18,21)/t9-,11-/m1/s1. The van der Waals surface area contributed by atoms with E-state index < -0.39 is 42.4 Å². The van der Waals surface area contributed by atoms with Crippen LogP contribution in [-0.4, -0.2) is 54.1 Å². The van der Waals surface area contributed by atoms with Crippen LogP contribution >= 0.6 is 0 Å². The van der Waals surface area contributed by atoms with Gasteiger partial charge < -0.3 is 30.5 Å². The number of hydrogen-bond donors (Lipinski definition) is 4. The van der Waals surface area contributed by atoms with E-state index in [1.165, 1.54) is 0 Å². The number of rotatable bonds is 5. The van der Waals surface area contributed by atoms with Gasteiger partial charge in [-0.25, -0.2) is 14.4 Å². The lowest BCUT2D eigenvalue weighted by atomic mass is 9.96. The van der Waals surface area contributed by atoms with Crippen molar-refractivity contribution >= 4 is 18.1 Å². The number of allylic oxidation sites excluding steroid dienone is 1. The van der Waals surface area contributed by atoms with Gasteiger partial charge in [0.2, 0.25) is 0 Å². The molecule has 1 heterocycles. The third-order valence-electron chi connectivity index (χ3n) is 3.10. The Morgan fingerprint density at radius 3 is 2.50 bits per heavy atom. The number of hydrogen-bond acceptors (Lipinski definition) is 6. The summed E-state index contributed by atoms with van der Waals surface area (Å²) in [5.74, 6) is -0.642. The number of alkyl carbamates (subject to hydrolysis) is 1. The minimum absolute atomic E-state index is 0.131. The molecule has 1 aliphatic rings. The molecule has 0 aromatic heterocycles. The van der Waals surface area contributed by atoms with E-state index in [9.17, 15) is 19.5 Å². The smallest absolute Gasteiger partial charge is 0.408 e. The summed E-state index contributed by atoms with van der Waals surface area (Å²) in [6.07, 6.45) is -0.768. The second-order valence-corrected chi connectivity index (χ2v) is 6.27. The van der Waals surface area contributed by atoms with Crippen LogP contribution in [0.25, 0.3) is 0 Å². The van der Waals surface area contributed by atoms with Crippen LogP contribution in [0, 0.1) is 0 Å².